The second kappa shape index (κ2) is 7.59. The number of aromatic hydroxyl groups is 1. The number of hydrogen-bond donors (Lipinski definition) is 3. The average molecular weight is 393 g/mol. The van der Waals surface area contributed by atoms with Crippen molar-refractivity contribution in [3.8, 4) is 11.4 Å². The Morgan fingerprint density at radius 2 is 2.12 bits per heavy atom. The highest BCUT2D eigenvalue weighted by atomic mass is 35.5. The maximum absolute atomic E-state index is 12.2. The van der Waals surface area contributed by atoms with Crippen LogP contribution in [0.4, 0.5) is 5.82 Å². The highest BCUT2D eigenvalue weighted by Crippen LogP contribution is 2.28. The SMILES string of the molecule is Nc1cc(Cl)c(O)c(CC(=O)NCc2cc(Cl)ccc2-n2cncn2)n1. The molecule has 1 amide bonds. The third-order valence-corrected chi connectivity index (χ3v) is 4.07. The van der Waals surface area contributed by atoms with Gasteiger partial charge in [-0.3, -0.25) is 4.79 Å². The molecule has 134 valence electrons. The van der Waals surface area contributed by atoms with Gasteiger partial charge in [-0.15, -0.1) is 0 Å². The second-order valence-electron chi connectivity index (χ2n) is 5.39. The van der Waals surface area contributed by atoms with Crippen LogP contribution < -0.4 is 11.1 Å². The molecule has 0 aliphatic rings. The van der Waals surface area contributed by atoms with Gasteiger partial charge in [-0.25, -0.2) is 14.6 Å². The normalized spacial score (nSPS) is 10.7. The minimum Gasteiger partial charge on any atom is -0.505 e. The largest absolute Gasteiger partial charge is 0.505 e. The van der Waals surface area contributed by atoms with Crippen molar-refractivity contribution in [3.63, 3.8) is 0 Å². The van der Waals surface area contributed by atoms with Gasteiger partial charge in [0.15, 0.2) is 5.75 Å². The lowest BCUT2D eigenvalue weighted by Gasteiger charge is -2.12. The van der Waals surface area contributed by atoms with E-state index in [1.807, 2.05) is 0 Å². The topological polar surface area (TPSA) is 119 Å². The number of carbonyl (C=O) groups is 1. The van der Waals surface area contributed by atoms with Crippen molar-refractivity contribution in [1.82, 2.24) is 25.1 Å². The smallest absolute Gasteiger partial charge is 0.226 e. The van der Waals surface area contributed by atoms with E-state index in [1.165, 1.54) is 12.4 Å². The summed E-state index contributed by atoms with van der Waals surface area (Å²) in [5, 5.41) is 17.3. The molecule has 3 rings (SSSR count). The summed E-state index contributed by atoms with van der Waals surface area (Å²) in [6.07, 6.45) is 2.79. The molecule has 0 aliphatic carbocycles. The molecular formula is C16H14Cl2N6O2. The first-order chi connectivity index (χ1) is 12.4. The van der Waals surface area contributed by atoms with Crippen molar-refractivity contribution < 1.29 is 9.90 Å². The average Bonchev–Trinajstić information content (AvgIpc) is 3.12. The molecule has 1 aromatic carbocycles. The molecule has 2 aromatic heterocycles. The number of anilines is 1. The quantitative estimate of drug-likeness (QED) is 0.611. The van der Waals surface area contributed by atoms with Crippen molar-refractivity contribution in [2.45, 2.75) is 13.0 Å². The number of hydrogen-bond acceptors (Lipinski definition) is 6. The first kappa shape index (κ1) is 18.0. The molecule has 0 unspecified atom stereocenters. The molecule has 8 nitrogen and oxygen atoms in total. The number of pyridine rings is 1. The Labute approximate surface area is 158 Å². The summed E-state index contributed by atoms with van der Waals surface area (Å²) in [5.41, 5.74) is 7.18. The molecule has 3 aromatic rings. The number of nitrogen functional groups attached to an aromatic ring is 1. The van der Waals surface area contributed by atoms with Gasteiger partial charge in [0.2, 0.25) is 5.91 Å². The van der Waals surface area contributed by atoms with Gasteiger partial charge in [0.1, 0.15) is 18.5 Å². The summed E-state index contributed by atoms with van der Waals surface area (Å²) in [5.74, 6) is -0.500. The van der Waals surface area contributed by atoms with Crippen LogP contribution in [-0.4, -0.2) is 30.8 Å². The monoisotopic (exact) mass is 392 g/mol. The number of nitrogens with zero attached hydrogens (tertiary/aromatic N) is 4. The van der Waals surface area contributed by atoms with Crippen LogP contribution in [-0.2, 0) is 17.8 Å². The Kier molecular flexibility index (Phi) is 5.24. The minimum absolute atomic E-state index is 0.0450. The summed E-state index contributed by atoms with van der Waals surface area (Å²) >= 11 is 11.9. The fourth-order valence-electron chi connectivity index (χ4n) is 2.36. The number of aromatic nitrogens is 4. The predicted molar refractivity (Wildman–Crippen MR) is 97.2 cm³/mol. The highest BCUT2D eigenvalue weighted by Gasteiger charge is 2.14. The Bertz CT molecular complexity index is 946. The van der Waals surface area contributed by atoms with E-state index < -0.39 is 0 Å². The van der Waals surface area contributed by atoms with E-state index in [4.69, 9.17) is 28.9 Å². The Morgan fingerprint density at radius 1 is 1.31 bits per heavy atom. The van der Waals surface area contributed by atoms with E-state index in [0.717, 1.165) is 11.3 Å². The lowest BCUT2D eigenvalue weighted by molar-refractivity contribution is -0.120. The van der Waals surface area contributed by atoms with Gasteiger partial charge in [-0.05, 0) is 23.8 Å². The van der Waals surface area contributed by atoms with Crippen molar-refractivity contribution >= 4 is 34.9 Å². The van der Waals surface area contributed by atoms with Gasteiger partial charge in [-0.1, -0.05) is 23.2 Å². The number of carbonyl (C=O) groups excluding carboxylic acids is 1. The standard InChI is InChI=1S/C16H14Cl2N6O2/c17-10-1-2-13(24-8-20-7-22-24)9(3-10)6-21-15(25)5-12-16(26)11(18)4-14(19)23-12/h1-4,7-8,26H,5-6H2,(H2,19,23)(H,21,25). The fraction of sp³-hybridized carbons (Fsp3) is 0.125. The lowest BCUT2D eigenvalue weighted by Crippen LogP contribution is -2.25. The highest BCUT2D eigenvalue weighted by molar-refractivity contribution is 6.32. The maximum Gasteiger partial charge on any atom is 0.226 e. The first-order valence-electron chi connectivity index (χ1n) is 7.48. The summed E-state index contributed by atoms with van der Waals surface area (Å²) in [6, 6.07) is 6.55. The Balaban J connectivity index is 1.74. The number of amides is 1. The summed E-state index contributed by atoms with van der Waals surface area (Å²) < 4.78 is 1.57. The number of nitrogens with two attached hydrogens (primary N) is 1. The zero-order valence-electron chi connectivity index (χ0n) is 13.4. The number of benzene rings is 1. The van der Waals surface area contributed by atoms with E-state index in [2.05, 4.69) is 20.4 Å². The van der Waals surface area contributed by atoms with E-state index >= 15 is 0 Å². The van der Waals surface area contributed by atoms with E-state index in [1.54, 1.807) is 29.2 Å². The van der Waals surface area contributed by atoms with Crippen LogP contribution in [0.3, 0.4) is 0 Å². The third-order valence-electron chi connectivity index (χ3n) is 3.55. The van der Waals surface area contributed by atoms with E-state index in [9.17, 15) is 9.90 Å². The molecule has 0 spiro atoms. The van der Waals surface area contributed by atoms with Gasteiger partial charge in [-0.2, -0.15) is 5.10 Å². The van der Waals surface area contributed by atoms with Crippen LogP contribution in [0.15, 0.2) is 36.9 Å². The van der Waals surface area contributed by atoms with Crippen LogP contribution in [0.5, 0.6) is 5.75 Å². The third kappa shape index (κ3) is 4.04. The number of halogens is 2. The van der Waals surface area contributed by atoms with Crippen LogP contribution in [0.25, 0.3) is 5.69 Å². The molecule has 0 bridgehead atoms. The Morgan fingerprint density at radius 3 is 2.85 bits per heavy atom. The van der Waals surface area contributed by atoms with E-state index in [-0.39, 0.29) is 41.2 Å². The molecule has 0 aliphatic heterocycles. The number of nitrogens with one attached hydrogen (secondary N) is 1. The number of rotatable bonds is 5. The van der Waals surface area contributed by atoms with Gasteiger partial charge in [0, 0.05) is 17.6 Å². The van der Waals surface area contributed by atoms with Crippen molar-refractivity contribution in [2.24, 2.45) is 0 Å². The predicted octanol–water partition coefficient (Wildman–Crippen LogP) is 2.12. The van der Waals surface area contributed by atoms with Crippen molar-refractivity contribution in [1.29, 1.82) is 0 Å². The molecule has 10 heteroatoms. The molecule has 4 N–H and O–H groups in total. The molecule has 0 radical (unpaired) electrons. The Hall–Kier alpha value is -2.84. The molecule has 0 saturated carbocycles. The van der Waals surface area contributed by atoms with Gasteiger partial charge >= 0.3 is 0 Å². The van der Waals surface area contributed by atoms with Crippen LogP contribution >= 0.6 is 23.2 Å². The van der Waals surface area contributed by atoms with Crippen LogP contribution in [0.2, 0.25) is 10.0 Å². The van der Waals surface area contributed by atoms with E-state index in [0.29, 0.717) is 5.02 Å². The zero-order chi connectivity index (χ0) is 18.7. The fourth-order valence-corrected chi connectivity index (χ4v) is 2.78. The summed E-state index contributed by atoms with van der Waals surface area (Å²) in [7, 11) is 0. The molecule has 0 fully saturated rings. The second-order valence-corrected chi connectivity index (χ2v) is 6.23. The minimum atomic E-state index is -0.362. The molecule has 0 atom stereocenters. The van der Waals surface area contributed by atoms with Crippen LogP contribution in [0.1, 0.15) is 11.3 Å². The summed E-state index contributed by atoms with van der Waals surface area (Å²) in [4.78, 5) is 20.1. The van der Waals surface area contributed by atoms with Crippen molar-refractivity contribution in [2.75, 3.05) is 5.73 Å². The zero-order valence-corrected chi connectivity index (χ0v) is 14.9. The molecule has 2 heterocycles. The molecule has 0 saturated heterocycles. The van der Waals surface area contributed by atoms with Gasteiger partial charge < -0.3 is 16.2 Å². The summed E-state index contributed by atoms with van der Waals surface area (Å²) in [6.45, 7) is 0.200. The van der Waals surface area contributed by atoms with Crippen molar-refractivity contribution in [3.05, 3.63) is 58.2 Å². The van der Waals surface area contributed by atoms with Crippen LogP contribution in [0, 0.1) is 0 Å². The maximum atomic E-state index is 12.2. The lowest BCUT2D eigenvalue weighted by atomic mass is 10.1. The van der Waals surface area contributed by atoms with Gasteiger partial charge in [0.05, 0.1) is 22.8 Å². The first-order valence-corrected chi connectivity index (χ1v) is 8.23. The molecule has 26 heavy (non-hydrogen) atoms. The van der Waals surface area contributed by atoms with Gasteiger partial charge in [0.25, 0.3) is 0 Å². The molecular weight excluding hydrogens is 379 g/mol.